The van der Waals surface area contributed by atoms with E-state index < -0.39 is 5.91 Å². The number of nitrogens with zero attached hydrogens (tertiary/aromatic N) is 3. The first-order valence-corrected chi connectivity index (χ1v) is 14.1. The Morgan fingerprint density at radius 3 is 2.45 bits per heavy atom. The number of benzene rings is 2. The first-order valence-electron chi connectivity index (χ1n) is 12.2. The van der Waals surface area contributed by atoms with Crippen molar-refractivity contribution in [3.63, 3.8) is 0 Å². The van der Waals surface area contributed by atoms with Crippen molar-refractivity contribution in [2.24, 2.45) is 16.0 Å². The number of amides is 1. The molecule has 0 spiro atoms. The normalized spacial score (nSPS) is 16.5. The van der Waals surface area contributed by atoms with Crippen molar-refractivity contribution in [1.82, 2.24) is 5.01 Å². The van der Waals surface area contributed by atoms with Crippen molar-refractivity contribution in [3.05, 3.63) is 56.7 Å². The molecular formula is C28H31IN4O4S. The number of thioether (sulfide) groups is 1. The SMILES string of the molecule is COc1cc(/C=C2\C(=N)N3N=C(C(C)C)SC3=NC2=O)cc(I)c1OCCOc1ccc(C(C)(C)C)cc1. The van der Waals surface area contributed by atoms with Crippen molar-refractivity contribution >= 4 is 62.4 Å². The molecule has 200 valence electrons. The van der Waals surface area contributed by atoms with E-state index in [1.165, 1.54) is 22.3 Å². The van der Waals surface area contributed by atoms with E-state index in [-0.39, 0.29) is 22.7 Å². The predicted octanol–water partition coefficient (Wildman–Crippen LogP) is 6.33. The van der Waals surface area contributed by atoms with Gasteiger partial charge in [-0.1, -0.05) is 46.8 Å². The molecular weight excluding hydrogens is 615 g/mol. The number of methoxy groups -OCH3 is 1. The van der Waals surface area contributed by atoms with Crippen LogP contribution >= 0.6 is 34.4 Å². The van der Waals surface area contributed by atoms with E-state index >= 15 is 0 Å². The van der Waals surface area contributed by atoms with Crippen LogP contribution in [0.25, 0.3) is 6.08 Å². The van der Waals surface area contributed by atoms with Crippen molar-refractivity contribution in [1.29, 1.82) is 5.41 Å². The highest BCUT2D eigenvalue weighted by atomic mass is 127. The Morgan fingerprint density at radius 1 is 1.13 bits per heavy atom. The van der Waals surface area contributed by atoms with Crippen LogP contribution in [-0.4, -0.2) is 47.3 Å². The Hall–Kier alpha value is -2.86. The molecule has 1 N–H and O–H groups in total. The fourth-order valence-corrected chi connectivity index (χ4v) is 5.40. The second-order valence-corrected chi connectivity index (χ2v) is 12.3. The van der Waals surface area contributed by atoms with Gasteiger partial charge in [-0.3, -0.25) is 10.2 Å². The first-order chi connectivity index (χ1) is 18.0. The summed E-state index contributed by atoms with van der Waals surface area (Å²) < 4.78 is 18.2. The van der Waals surface area contributed by atoms with E-state index in [0.717, 1.165) is 14.4 Å². The molecule has 0 atom stereocenters. The predicted molar refractivity (Wildman–Crippen MR) is 162 cm³/mol. The summed E-state index contributed by atoms with van der Waals surface area (Å²) in [6.45, 7) is 11.3. The molecule has 0 saturated carbocycles. The van der Waals surface area contributed by atoms with Crippen LogP contribution < -0.4 is 14.2 Å². The van der Waals surface area contributed by atoms with Gasteiger partial charge in [0, 0.05) is 5.92 Å². The molecule has 0 fully saturated rings. The number of aliphatic imine (C=N–C) groups is 1. The van der Waals surface area contributed by atoms with E-state index in [0.29, 0.717) is 35.4 Å². The largest absolute Gasteiger partial charge is 0.493 e. The van der Waals surface area contributed by atoms with Crippen LogP contribution in [-0.2, 0) is 10.2 Å². The zero-order valence-electron chi connectivity index (χ0n) is 22.3. The molecule has 0 radical (unpaired) electrons. The topological polar surface area (TPSA) is 96.6 Å². The third kappa shape index (κ3) is 6.23. The summed E-state index contributed by atoms with van der Waals surface area (Å²) in [5.41, 5.74) is 2.21. The van der Waals surface area contributed by atoms with Gasteiger partial charge < -0.3 is 14.2 Å². The molecule has 4 rings (SSSR count). The fourth-order valence-electron chi connectivity index (χ4n) is 3.72. The van der Waals surface area contributed by atoms with Gasteiger partial charge in [-0.15, -0.1) is 0 Å². The number of halogens is 1. The van der Waals surface area contributed by atoms with Gasteiger partial charge in [0.05, 0.1) is 16.3 Å². The molecule has 38 heavy (non-hydrogen) atoms. The number of hydrogen-bond donors (Lipinski definition) is 1. The van der Waals surface area contributed by atoms with E-state index in [2.05, 4.69) is 65.6 Å². The number of fused-ring (bicyclic) bond motifs is 1. The Bertz CT molecular complexity index is 1340. The van der Waals surface area contributed by atoms with E-state index in [1.54, 1.807) is 19.3 Å². The smallest absolute Gasteiger partial charge is 0.283 e. The number of hydrazone groups is 1. The Morgan fingerprint density at radius 2 is 1.82 bits per heavy atom. The number of carbonyl (C=O) groups is 1. The summed E-state index contributed by atoms with van der Waals surface area (Å²) >= 11 is 3.50. The van der Waals surface area contributed by atoms with Gasteiger partial charge in [-0.2, -0.15) is 15.1 Å². The van der Waals surface area contributed by atoms with E-state index in [1.807, 2.05) is 32.0 Å². The summed E-state index contributed by atoms with van der Waals surface area (Å²) in [5, 5.41) is 15.7. The second kappa shape index (κ2) is 11.5. The summed E-state index contributed by atoms with van der Waals surface area (Å²) in [6.07, 6.45) is 1.64. The van der Waals surface area contributed by atoms with Crippen molar-refractivity contribution in [2.45, 2.75) is 40.0 Å². The van der Waals surface area contributed by atoms with Gasteiger partial charge >= 0.3 is 0 Å². The molecule has 2 aliphatic rings. The highest BCUT2D eigenvalue weighted by Gasteiger charge is 2.36. The quantitative estimate of drug-likeness (QED) is 0.205. The molecule has 0 aliphatic carbocycles. The molecule has 2 aliphatic heterocycles. The van der Waals surface area contributed by atoms with Crippen LogP contribution in [0.1, 0.15) is 45.7 Å². The van der Waals surface area contributed by atoms with Crippen LogP contribution in [0.15, 0.2) is 52.1 Å². The third-order valence-corrected chi connectivity index (χ3v) is 7.86. The molecule has 0 aromatic heterocycles. The fraction of sp³-hybridized carbons (Fsp3) is 0.357. The number of ether oxygens (including phenoxy) is 3. The van der Waals surface area contributed by atoms with Crippen molar-refractivity contribution < 1.29 is 19.0 Å². The lowest BCUT2D eigenvalue weighted by molar-refractivity contribution is -0.114. The highest BCUT2D eigenvalue weighted by Crippen LogP contribution is 2.36. The third-order valence-electron chi connectivity index (χ3n) is 5.85. The van der Waals surface area contributed by atoms with E-state index in [4.69, 9.17) is 19.6 Å². The Balaban J connectivity index is 1.45. The first kappa shape index (κ1) is 28.2. The highest BCUT2D eigenvalue weighted by molar-refractivity contribution is 14.1. The van der Waals surface area contributed by atoms with Crippen LogP contribution in [0.5, 0.6) is 17.2 Å². The summed E-state index contributed by atoms with van der Waals surface area (Å²) in [7, 11) is 1.57. The summed E-state index contributed by atoms with van der Waals surface area (Å²) in [6, 6.07) is 11.8. The Labute approximate surface area is 241 Å². The number of carbonyl (C=O) groups excluding carboxylic acids is 1. The zero-order chi connectivity index (χ0) is 27.6. The standard InChI is InChI=1S/C28H31IN4O4S/c1-16(2)26-32-33-24(30)20(25(34)31-27(33)38-26)13-17-14-21(29)23(22(15-17)35-6)37-12-11-36-19-9-7-18(8-10-19)28(3,4)5/h7-10,13-16,30H,11-12H2,1-6H3/b20-13+,30-24?. The lowest BCUT2D eigenvalue weighted by atomic mass is 9.87. The maximum atomic E-state index is 12.7. The molecule has 2 aromatic rings. The van der Waals surface area contributed by atoms with Gasteiger partial charge in [0.2, 0.25) is 5.17 Å². The number of nitrogens with one attached hydrogen (secondary N) is 1. The minimum atomic E-state index is -0.462. The van der Waals surface area contributed by atoms with Crippen LogP contribution in [0, 0.1) is 14.9 Å². The minimum Gasteiger partial charge on any atom is -0.493 e. The van der Waals surface area contributed by atoms with E-state index in [9.17, 15) is 4.79 Å². The number of hydrogen-bond acceptors (Lipinski definition) is 7. The van der Waals surface area contributed by atoms with Crippen molar-refractivity contribution in [3.8, 4) is 17.2 Å². The lowest BCUT2D eigenvalue weighted by Crippen LogP contribution is -2.35. The minimum absolute atomic E-state index is 0.00475. The monoisotopic (exact) mass is 646 g/mol. The molecule has 2 heterocycles. The van der Waals surface area contributed by atoms with Crippen LogP contribution in [0.2, 0.25) is 0 Å². The van der Waals surface area contributed by atoms with Crippen LogP contribution in [0.4, 0.5) is 0 Å². The Kier molecular flexibility index (Phi) is 8.51. The van der Waals surface area contributed by atoms with Gasteiger partial charge in [0.1, 0.15) is 24.0 Å². The molecule has 10 heteroatoms. The lowest BCUT2D eigenvalue weighted by Gasteiger charge is -2.20. The summed E-state index contributed by atoms with van der Waals surface area (Å²) in [4.78, 5) is 16.9. The zero-order valence-corrected chi connectivity index (χ0v) is 25.3. The molecule has 1 amide bonds. The summed E-state index contributed by atoms with van der Waals surface area (Å²) in [5.74, 6) is 1.63. The van der Waals surface area contributed by atoms with Gasteiger partial charge in [0.15, 0.2) is 17.3 Å². The molecule has 0 bridgehead atoms. The van der Waals surface area contributed by atoms with Gasteiger partial charge in [-0.05, 0) is 81.2 Å². The average molecular weight is 647 g/mol. The van der Waals surface area contributed by atoms with Gasteiger partial charge in [-0.25, -0.2) is 0 Å². The molecule has 0 saturated heterocycles. The molecule has 0 unspecified atom stereocenters. The maximum absolute atomic E-state index is 12.7. The maximum Gasteiger partial charge on any atom is 0.283 e. The van der Waals surface area contributed by atoms with Gasteiger partial charge in [0.25, 0.3) is 5.91 Å². The number of amidine groups is 2. The number of rotatable bonds is 8. The molecule has 8 nitrogen and oxygen atoms in total. The molecule has 2 aromatic carbocycles. The second-order valence-electron chi connectivity index (χ2n) is 10.1. The van der Waals surface area contributed by atoms with Crippen molar-refractivity contribution in [2.75, 3.05) is 20.3 Å². The average Bonchev–Trinajstić information content (AvgIpc) is 3.29. The van der Waals surface area contributed by atoms with Crippen LogP contribution in [0.3, 0.4) is 0 Å².